The van der Waals surface area contributed by atoms with Gasteiger partial charge < -0.3 is 14.7 Å². The molecule has 124 valence electrons. The van der Waals surface area contributed by atoms with Gasteiger partial charge in [-0.15, -0.1) is 0 Å². The Morgan fingerprint density at radius 3 is 2.91 bits per heavy atom. The summed E-state index contributed by atoms with van der Waals surface area (Å²) in [5.41, 5.74) is 1.16. The number of carbonyl (C=O) groups excluding carboxylic acids is 1. The van der Waals surface area contributed by atoms with Crippen LogP contribution in [0.4, 0.5) is 0 Å². The van der Waals surface area contributed by atoms with Gasteiger partial charge in [0.15, 0.2) is 0 Å². The molecule has 1 amide bonds. The second-order valence-electron chi connectivity index (χ2n) is 7.48. The minimum Gasteiger partial charge on any atom is -0.493 e. The van der Waals surface area contributed by atoms with E-state index in [1.54, 1.807) is 0 Å². The Hall–Kier alpha value is -1.55. The maximum atomic E-state index is 12.9. The average molecular weight is 315 g/mol. The Morgan fingerprint density at radius 1 is 1.35 bits per heavy atom. The zero-order valence-electron chi connectivity index (χ0n) is 13.8. The Balaban J connectivity index is 1.53. The molecule has 2 fully saturated rings. The highest BCUT2D eigenvalue weighted by molar-refractivity contribution is 5.95. The fraction of sp³-hybridized carbons (Fsp3) is 0.632. The smallest absolute Gasteiger partial charge is 0.253 e. The third-order valence-corrected chi connectivity index (χ3v) is 6.05. The van der Waals surface area contributed by atoms with Crippen LogP contribution in [-0.2, 0) is 6.42 Å². The summed E-state index contributed by atoms with van der Waals surface area (Å²) in [5.74, 6) is 1.47. The van der Waals surface area contributed by atoms with Crippen molar-refractivity contribution in [2.75, 3.05) is 19.7 Å². The topological polar surface area (TPSA) is 49.8 Å². The standard InChI is InChI=1S/C19H25NO3/c1-13-11-20(12-19(13,22)16-5-2-6-16)18(21)15-7-8-17-14(10-15)4-3-9-23-17/h7-8,10,13,16,22H,2-6,9,11-12H2,1H3/t13-,19+/m1/s1. The number of likely N-dealkylation sites (tertiary alicyclic amines) is 1. The van der Waals surface area contributed by atoms with Crippen molar-refractivity contribution >= 4 is 5.91 Å². The first-order chi connectivity index (χ1) is 11.1. The van der Waals surface area contributed by atoms with Crippen molar-refractivity contribution in [2.24, 2.45) is 11.8 Å². The molecule has 1 N–H and O–H groups in total. The highest BCUT2D eigenvalue weighted by Gasteiger charge is 2.51. The number of benzene rings is 1. The number of carbonyl (C=O) groups is 1. The van der Waals surface area contributed by atoms with Crippen LogP contribution in [0.5, 0.6) is 5.75 Å². The lowest BCUT2D eigenvalue weighted by molar-refractivity contribution is -0.0660. The van der Waals surface area contributed by atoms with Crippen LogP contribution < -0.4 is 4.74 Å². The third kappa shape index (κ3) is 2.44. The number of fused-ring (bicyclic) bond motifs is 1. The zero-order valence-corrected chi connectivity index (χ0v) is 13.8. The van der Waals surface area contributed by atoms with E-state index in [2.05, 4.69) is 6.92 Å². The molecule has 23 heavy (non-hydrogen) atoms. The largest absolute Gasteiger partial charge is 0.493 e. The van der Waals surface area contributed by atoms with Crippen molar-refractivity contribution in [3.63, 3.8) is 0 Å². The van der Waals surface area contributed by atoms with Gasteiger partial charge in [-0.25, -0.2) is 0 Å². The van der Waals surface area contributed by atoms with Crippen molar-refractivity contribution in [3.8, 4) is 5.75 Å². The van der Waals surface area contributed by atoms with E-state index in [9.17, 15) is 9.90 Å². The van der Waals surface area contributed by atoms with Crippen LogP contribution in [0.15, 0.2) is 18.2 Å². The molecule has 4 nitrogen and oxygen atoms in total. The van der Waals surface area contributed by atoms with Crippen molar-refractivity contribution in [2.45, 2.75) is 44.6 Å². The van der Waals surface area contributed by atoms with Crippen LogP contribution in [-0.4, -0.2) is 41.2 Å². The van der Waals surface area contributed by atoms with E-state index in [0.717, 1.165) is 49.2 Å². The van der Waals surface area contributed by atoms with E-state index < -0.39 is 5.60 Å². The predicted octanol–water partition coefficient (Wildman–Crippen LogP) is 2.63. The van der Waals surface area contributed by atoms with Gasteiger partial charge in [0, 0.05) is 18.0 Å². The molecule has 2 atom stereocenters. The van der Waals surface area contributed by atoms with Crippen LogP contribution in [0, 0.1) is 11.8 Å². The minimum atomic E-state index is -0.689. The zero-order chi connectivity index (χ0) is 16.0. The number of ether oxygens (including phenoxy) is 1. The van der Waals surface area contributed by atoms with E-state index in [4.69, 9.17) is 4.74 Å². The first kappa shape index (κ1) is 15.0. The SMILES string of the molecule is C[C@@H]1CN(C(=O)c2ccc3c(c2)CCCO3)C[C@@]1(O)C1CCC1. The van der Waals surface area contributed by atoms with Crippen LogP contribution in [0.25, 0.3) is 0 Å². The molecule has 4 heteroatoms. The maximum absolute atomic E-state index is 12.9. The van der Waals surface area contributed by atoms with E-state index in [-0.39, 0.29) is 11.8 Å². The average Bonchev–Trinajstić information content (AvgIpc) is 2.80. The lowest BCUT2D eigenvalue weighted by Gasteiger charge is -2.41. The monoisotopic (exact) mass is 315 g/mol. The molecule has 0 spiro atoms. The van der Waals surface area contributed by atoms with Gasteiger partial charge in [0.2, 0.25) is 0 Å². The lowest BCUT2D eigenvalue weighted by atomic mass is 9.69. The summed E-state index contributed by atoms with van der Waals surface area (Å²) in [6.45, 7) is 3.97. The molecule has 1 aliphatic carbocycles. The van der Waals surface area contributed by atoms with E-state index >= 15 is 0 Å². The molecule has 1 saturated carbocycles. The lowest BCUT2D eigenvalue weighted by Crippen LogP contribution is -2.48. The van der Waals surface area contributed by atoms with Crippen molar-refractivity contribution in [3.05, 3.63) is 29.3 Å². The van der Waals surface area contributed by atoms with E-state index in [1.807, 2.05) is 23.1 Å². The summed E-state index contributed by atoms with van der Waals surface area (Å²) >= 11 is 0. The van der Waals surface area contributed by atoms with E-state index in [1.165, 1.54) is 6.42 Å². The van der Waals surface area contributed by atoms with Crippen LogP contribution in [0.3, 0.4) is 0 Å². The highest BCUT2D eigenvalue weighted by atomic mass is 16.5. The summed E-state index contributed by atoms with van der Waals surface area (Å²) < 4.78 is 5.62. The first-order valence-corrected chi connectivity index (χ1v) is 8.85. The second kappa shape index (κ2) is 5.52. The fourth-order valence-electron chi connectivity index (χ4n) is 4.29. The van der Waals surface area contributed by atoms with Gasteiger partial charge in [-0.1, -0.05) is 13.3 Å². The Bertz CT molecular complexity index is 625. The quantitative estimate of drug-likeness (QED) is 0.913. The summed E-state index contributed by atoms with van der Waals surface area (Å²) in [7, 11) is 0. The van der Waals surface area contributed by atoms with Gasteiger partial charge in [-0.3, -0.25) is 4.79 Å². The summed E-state index contributed by atoms with van der Waals surface area (Å²) in [4.78, 5) is 14.7. The number of aliphatic hydroxyl groups is 1. The van der Waals surface area contributed by atoms with Gasteiger partial charge in [0.05, 0.1) is 18.8 Å². The molecule has 4 rings (SSSR count). The number of hydrogen-bond donors (Lipinski definition) is 1. The van der Waals surface area contributed by atoms with Gasteiger partial charge >= 0.3 is 0 Å². The van der Waals surface area contributed by atoms with Gasteiger partial charge in [-0.2, -0.15) is 0 Å². The number of amides is 1. The molecule has 2 aliphatic heterocycles. The second-order valence-corrected chi connectivity index (χ2v) is 7.48. The van der Waals surface area contributed by atoms with Crippen LogP contribution in [0.1, 0.15) is 48.5 Å². The van der Waals surface area contributed by atoms with Crippen molar-refractivity contribution < 1.29 is 14.6 Å². The van der Waals surface area contributed by atoms with Crippen molar-refractivity contribution in [1.29, 1.82) is 0 Å². The fourth-order valence-corrected chi connectivity index (χ4v) is 4.29. The number of rotatable bonds is 2. The molecular weight excluding hydrogens is 290 g/mol. The first-order valence-electron chi connectivity index (χ1n) is 8.85. The number of hydrogen-bond acceptors (Lipinski definition) is 3. The Morgan fingerprint density at radius 2 is 2.17 bits per heavy atom. The normalized spacial score (nSPS) is 30.5. The summed E-state index contributed by atoms with van der Waals surface area (Å²) in [6, 6.07) is 5.75. The predicted molar refractivity (Wildman–Crippen MR) is 87.6 cm³/mol. The maximum Gasteiger partial charge on any atom is 0.253 e. The minimum absolute atomic E-state index is 0.0421. The van der Waals surface area contributed by atoms with Crippen LogP contribution in [0.2, 0.25) is 0 Å². The molecule has 0 aromatic heterocycles. The van der Waals surface area contributed by atoms with Crippen LogP contribution >= 0.6 is 0 Å². The highest BCUT2D eigenvalue weighted by Crippen LogP contribution is 2.44. The molecule has 0 unspecified atom stereocenters. The number of aryl methyl sites for hydroxylation is 1. The molecule has 0 radical (unpaired) electrons. The van der Waals surface area contributed by atoms with E-state index in [0.29, 0.717) is 19.0 Å². The molecule has 1 aromatic rings. The third-order valence-electron chi connectivity index (χ3n) is 6.05. The molecule has 3 aliphatic rings. The Labute approximate surface area is 137 Å². The van der Waals surface area contributed by atoms with Gasteiger partial charge in [0.25, 0.3) is 5.91 Å². The molecule has 1 saturated heterocycles. The van der Waals surface area contributed by atoms with Crippen molar-refractivity contribution in [1.82, 2.24) is 4.90 Å². The molecule has 2 heterocycles. The number of nitrogens with zero attached hydrogens (tertiary/aromatic N) is 1. The summed E-state index contributed by atoms with van der Waals surface area (Å²) in [5, 5.41) is 11.0. The molecular formula is C19H25NO3. The molecule has 1 aromatic carbocycles. The number of β-amino-alcohol motifs (C(OH)–C–C–N with tert-alkyl or cyclic N) is 1. The Kier molecular flexibility index (Phi) is 3.60. The van der Waals surface area contributed by atoms with Gasteiger partial charge in [0.1, 0.15) is 5.75 Å². The van der Waals surface area contributed by atoms with Gasteiger partial charge in [-0.05, 0) is 55.4 Å². The summed E-state index contributed by atoms with van der Waals surface area (Å²) in [6.07, 6.45) is 5.38. The molecule has 0 bridgehead atoms.